The van der Waals surface area contributed by atoms with Crippen LogP contribution in [0.5, 0.6) is 5.75 Å². The molecule has 1 rings (SSSR count). The molecule has 0 aliphatic rings. The summed E-state index contributed by atoms with van der Waals surface area (Å²) in [5.41, 5.74) is 1.14. The van der Waals surface area contributed by atoms with Crippen LogP contribution < -0.4 is 10.1 Å². The molecule has 0 saturated heterocycles. The first-order valence-corrected chi connectivity index (χ1v) is 6.50. The topological polar surface area (TPSA) is 30.5 Å². The van der Waals surface area contributed by atoms with Gasteiger partial charge in [0.2, 0.25) is 0 Å². The van der Waals surface area contributed by atoms with E-state index in [1.54, 1.807) is 7.11 Å². The fourth-order valence-electron chi connectivity index (χ4n) is 1.61. The molecule has 2 unspecified atom stereocenters. The van der Waals surface area contributed by atoms with E-state index in [9.17, 15) is 0 Å². The second-order valence-corrected chi connectivity index (χ2v) is 4.99. The Bertz CT molecular complexity index is 357. The van der Waals surface area contributed by atoms with Crippen LogP contribution in [-0.4, -0.2) is 26.9 Å². The van der Waals surface area contributed by atoms with Crippen LogP contribution in [0.15, 0.2) is 22.7 Å². The van der Waals surface area contributed by atoms with Crippen LogP contribution in [0.25, 0.3) is 0 Å². The summed E-state index contributed by atoms with van der Waals surface area (Å²) in [6.45, 7) is 4.69. The Morgan fingerprint density at radius 3 is 2.65 bits per heavy atom. The number of nitrogens with one attached hydrogen (secondary N) is 1. The number of rotatable bonds is 6. The predicted molar refractivity (Wildman–Crippen MR) is 73.6 cm³/mol. The monoisotopic (exact) mass is 301 g/mol. The van der Waals surface area contributed by atoms with Crippen LogP contribution in [0, 0.1) is 0 Å². The van der Waals surface area contributed by atoms with Crippen molar-refractivity contribution in [2.45, 2.75) is 26.0 Å². The second-order valence-electron chi connectivity index (χ2n) is 4.08. The maximum atomic E-state index is 5.88. The summed E-state index contributed by atoms with van der Waals surface area (Å²) in [7, 11) is 3.62. The van der Waals surface area contributed by atoms with Gasteiger partial charge in [-0.2, -0.15) is 0 Å². The van der Waals surface area contributed by atoms with Gasteiger partial charge in [0.25, 0.3) is 0 Å². The highest BCUT2D eigenvalue weighted by molar-refractivity contribution is 9.10. The van der Waals surface area contributed by atoms with Gasteiger partial charge in [-0.3, -0.25) is 0 Å². The van der Waals surface area contributed by atoms with Crippen molar-refractivity contribution in [3.05, 3.63) is 28.2 Å². The van der Waals surface area contributed by atoms with Crippen LogP contribution in [0.1, 0.15) is 25.5 Å². The molecule has 96 valence electrons. The van der Waals surface area contributed by atoms with Gasteiger partial charge in [-0.1, -0.05) is 15.9 Å². The van der Waals surface area contributed by atoms with Crippen LogP contribution in [-0.2, 0) is 4.74 Å². The maximum absolute atomic E-state index is 5.88. The fourth-order valence-corrected chi connectivity index (χ4v) is 1.98. The van der Waals surface area contributed by atoms with Crippen molar-refractivity contribution in [2.75, 3.05) is 20.8 Å². The molecule has 1 aromatic carbocycles. The molecule has 0 fully saturated rings. The molecule has 0 spiro atoms. The van der Waals surface area contributed by atoms with Gasteiger partial charge in [0.1, 0.15) is 11.9 Å². The number of hydrogen-bond donors (Lipinski definition) is 1. The molecule has 0 radical (unpaired) electrons. The average molecular weight is 302 g/mol. The zero-order valence-corrected chi connectivity index (χ0v) is 12.4. The maximum Gasteiger partial charge on any atom is 0.124 e. The highest BCUT2D eigenvalue weighted by atomic mass is 79.9. The number of methoxy groups -OCH3 is 1. The van der Waals surface area contributed by atoms with Crippen LogP contribution in [0.4, 0.5) is 0 Å². The lowest BCUT2D eigenvalue weighted by Gasteiger charge is -2.20. The molecular formula is C13H20BrNO2. The molecule has 0 aliphatic heterocycles. The summed E-state index contributed by atoms with van der Waals surface area (Å²) >= 11 is 3.48. The molecule has 0 bridgehead atoms. The molecule has 0 aromatic heterocycles. The number of benzene rings is 1. The van der Waals surface area contributed by atoms with Crippen molar-refractivity contribution in [2.24, 2.45) is 0 Å². The Kier molecular flexibility index (Phi) is 5.95. The normalized spacial score (nSPS) is 14.4. The van der Waals surface area contributed by atoms with Crippen LogP contribution in [0.2, 0.25) is 0 Å². The van der Waals surface area contributed by atoms with Crippen molar-refractivity contribution in [1.29, 1.82) is 0 Å². The van der Waals surface area contributed by atoms with E-state index in [1.807, 2.05) is 26.1 Å². The van der Waals surface area contributed by atoms with Gasteiger partial charge >= 0.3 is 0 Å². The first kappa shape index (κ1) is 14.5. The van der Waals surface area contributed by atoms with Gasteiger partial charge in [-0.05, 0) is 39.1 Å². The highest BCUT2D eigenvalue weighted by Gasteiger charge is 2.13. The minimum absolute atomic E-state index is 0.0454. The molecule has 1 aromatic rings. The third kappa shape index (κ3) is 4.30. The quantitative estimate of drug-likeness (QED) is 0.875. The van der Waals surface area contributed by atoms with Crippen molar-refractivity contribution >= 4 is 15.9 Å². The lowest BCUT2D eigenvalue weighted by atomic mass is 10.1. The van der Waals surface area contributed by atoms with E-state index in [2.05, 4.69) is 34.2 Å². The minimum atomic E-state index is 0.0454. The van der Waals surface area contributed by atoms with Crippen LogP contribution >= 0.6 is 15.9 Å². The van der Waals surface area contributed by atoms with E-state index < -0.39 is 0 Å². The van der Waals surface area contributed by atoms with Gasteiger partial charge in [-0.15, -0.1) is 0 Å². The summed E-state index contributed by atoms with van der Waals surface area (Å²) in [4.78, 5) is 0. The lowest BCUT2D eigenvalue weighted by Crippen LogP contribution is -2.20. The van der Waals surface area contributed by atoms with E-state index >= 15 is 0 Å². The predicted octanol–water partition coefficient (Wildman–Crippen LogP) is 3.14. The molecule has 1 N–H and O–H groups in total. The third-order valence-electron chi connectivity index (χ3n) is 2.60. The summed E-state index contributed by atoms with van der Waals surface area (Å²) in [6, 6.07) is 6.30. The smallest absolute Gasteiger partial charge is 0.124 e. The number of ether oxygens (including phenoxy) is 2. The lowest BCUT2D eigenvalue weighted by molar-refractivity contribution is 0.0911. The minimum Gasteiger partial charge on any atom is -0.488 e. The van der Waals surface area contributed by atoms with Crippen molar-refractivity contribution in [3.63, 3.8) is 0 Å². The molecule has 17 heavy (non-hydrogen) atoms. The van der Waals surface area contributed by atoms with E-state index in [0.29, 0.717) is 6.61 Å². The highest BCUT2D eigenvalue weighted by Crippen LogP contribution is 2.29. The Morgan fingerprint density at radius 1 is 1.35 bits per heavy atom. The summed E-state index contributed by atoms with van der Waals surface area (Å²) < 4.78 is 12.0. The number of halogens is 1. The van der Waals surface area contributed by atoms with Crippen molar-refractivity contribution < 1.29 is 9.47 Å². The standard InChI is InChI=1S/C13H20BrNO2/c1-9(8-16-4)17-13-6-5-11(14)7-12(13)10(2)15-3/h5-7,9-10,15H,8H2,1-4H3. The molecule has 3 nitrogen and oxygen atoms in total. The summed E-state index contributed by atoms with van der Waals surface area (Å²) in [6.07, 6.45) is 0.0454. The fraction of sp³-hybridized carbons (Fsp3) is 0.538. The summed E-state index contributed by atoms with van der Waals surface area (Å²) in [5.74, 6) is 0.902. The van der Waals surface area contributed by atoms with Gasteiger partial charge < -0.3 is 14.8 Å². The Balaban J connectivity index is 2.90. The molecule has 2 atom stereocenters. The van der Waals surface area contributed by atoms with Crippen molar-refractivity contribution in [1.82, 2.24) is 5.32 Å². The molecule has 0 heterocycles. The third-order valence-corrected chi connectivity index (χ3v) is 3.09. The molecule has 4 heteroatoms. The van der Waals surface area contributed by atoms with Gasteiger partial charge in [0.05, 0.1) is 6.61 Å². The van der Waals surface area contributed by atoms with E-state index in [1.165, 1.54) is 0 Å². The van der Waals surface area contributed by atoms with Gasteiger partial charge in [0.15, 0.2) is 0 Å². The second kappa shape index (κ2) is 6.99. The SMILES string of the molecule is CNC(C)c1cc(Br)ccc1OC(C)COC. The zero-order chi connectivity index (χ0) is 12.8. The Morgan fingerprint density at radius 2 is 2.06 bits per heavy atom. The van der Waals surface area contributed by atoms with E-state index in [4.69, 9.17) is 9.47 Å². The molecule has 0 saturated carbocycles. The summed E-state index contributed by atoms with van der Waals surface area (Å²) in [5, 5.41) is 3.22. The molecule has 0 aliphatic carbocycles. The molecule has 0 amide bonds. The van der Waals surface area contributed by atoms with Crippen LogP contribution in [0.3, 0.4) is 0 Å². The first-order chi connectivity index (χ1) is 8.08. The van der Waals surface area contributed by atoms with Gasteiger partial charge in [0, 0.05) is 23.2 Å². The molecular weight excluding hydrogens is 282 g/mol. The average Bonchev–Trinajstić information content (AvgIpc) is 2.30. The zero-order valence-electron chi connectivity index (χ0n) is 10.8. The van der Waals surface area contributed by atoms with E-state index in [0.717, 1.165) is 15.8 Å². The van der Waals surface area contributed by atoms with Gasteiger partial charge in [-0.25, -0.2) is 0 Å². The van der Waals surface area contributed by atoms with Crippen molar-refractivity contribution in [3.8, 4) is 5.75 Å². The first-order valence-electron chi connectivity index (χ1n) is 5.70. The number of hydrogen-bond acceptors (Lipinski definition) is 3. The Labute approximate surface area is 112 Å². The van der Waals surface area contributed by atoms with E-state index in [-0.39, 0.29) is 12.1 Å². The Hall–Kier alpha value is -0.580. The largest absolute Gasteiger partial charge is 0.488 e.